The van der Waals surface area contributed by atoms with Crippen LogP contribution in [0.25, 0.3) is 0 Å². The van der Waals surface area contributed by atoms with Crippen LogP contribution in [-0.4, -0.2) is 23.7 Å². The average molecular weight is 353 g/mol. The monoisotopic (exact) mass is 352 g/mol. The summed E-state index contributed by atoms with van der Waals surface area (Å²) in [6, 6.07) is 30.2. The molecule has 0 spiro atoms. The minimum Gasteiger partial charge on any atom is -0.389 e. The molecule has 0 heterocycles. The molecule has 0 aliphatic rings. The van der Waals surface area contributed by atoms with Crippen LogP contribution < -0.4 is 0 Å². The topological polar surface area (TPSA) is 29.5 Å². The second-order valence-electron chi connectivity index (χ2n) is 5.90. The standard InChI is InChI=1S/C22H21ClO2/c23-16-21(24)17-25-22(18-10-4-1-5-11-18,19-12-6-2-7-13-19)20-14-8-3-9-15-20/h1-15,21,24H,16-17H2/t21-/m1/s1. The highest BCUT2D eigenvalue weighted by Gasteiger charge is 2.37. The number of aliphatic hydroxyl groups excluding tert-OH is 1. The molecule has 3 aromatic rings. The Hall–Kier alpha value is -2.13. The van der Waals surface area contributed by atoms with Crippen molar-refractivity contribution in [3.8, 4) is 0 Å². The van der Waals surface area contributed by atoms with Gasteiger partial charge in [0.1, 0.15) is 5.60 Å². The number of aliphatic hydroxyl groups is 1. The van der Waals surface area contributed by atoms with Gasteiger partial charge in [-0.1, -0.05) is 91.0 Å². The Labute approximate surface area is 153 Å². The molecule has 0 saturated heterocycles. The second kappa shape index (κ2) is 8.30. The van der Waals surface area contributed by atoms with Crippen LogP contribution in [0.1, 0.15) is 16.7 Å². The fourth-order valence-corrected chi connectivity index (χ4v) is 3.12. The van der Waals surface area contributed by atoms with E-state index in [4.69, 9.17) is 16.3 Å². The number of ether oxygens (including phenoxy) is 1. The summed E-state index contributed by atoms with van der Waals surface area (Å²) < 4.78 is 6.41. The van der Waals surface area contributed by atoms with E-state index >= 15 is 0 Å². The molecule has 0 amide bonds. The zero-order valence-electron chi connectivity index (χ0n) is 13.9. The van der Waals surface area contributed by atoms with Gasteiger partial charge in [-0.2, -0.15) is 0 Å². The van der Waals surface area contributed by atoms with Crippen LogP contribution in [0.4, 0.5) is 0 Å². The van der Waals surface area contributed by atoms with E-state index in [1.165, 1.54) is 0 Å². The number of hydrogen-bond acceptors (Lipinski definition) is 2. The van der Waals surface area contributed by atoms with Crippen molar-refractivity contribution in [2.75, 3.05) is 12.5 Å². The maximum Gasteiger partial charge on any atom is 0.143 e. The molecular formula is C22H21ClO2. The SMILES string of the molecule is O[C@H](CCl)COC(c1ccccc1)(c1ccccc1)c1ccccc1. The lowest BCUT2D eigenvalue weighted by Crippen LogP contribution is -2.36. The van der Waals surface area contributed by atoms with Crippen LogP contribution in [0.3, 0.4) is 0 Å². The van der Waals surface area contributed by atoms with E-state index in [2.05, 4.69) is 0 Å². The van der Waals surface area contributed by atoms with Gasteiger partial charge in [-0.3, -0.25) is 0 Å². The lowest BCUT2D eigenvalue weighted by Gasteiger charge is -2.36. The molecule has 128 valence electrons. The van der Waals surface area contributed by atoms with Crippen molar-refractivity contribution >= 4 is 11.6 Å². The molecule has 0 aliphatic heterocycles. The fourth-order valence-electron chi connectivity index (χ4n) is 3.03. The molecule has 0 unspecified atom stereocenters. The molecular weight excluding hydrogens is 332 g/mol. The lowest BCUT2D eigenvalue weighted by molar-refractivity contribution is -0.0315. The van der Waals surface area contributed by atoms with E-state index in [9.17, 15) is 5.11 Å². The predicted molar refractivity (Wildman–Crippen MR) is 102 cm³/mol. The molecule has 3 aromatic carbocycles. The van der Waals surface area contributed by atoms with Gasteiger partial charge in [-0.05, 0) is 16.7 Å². The number of alkyl halides is 1. The van der Waals surface area contributed by atoms with Gasteiger partial charge in [0.2, 0.25) is 0 Å². The Morgan fingerprint density at radius 2 is 1.08 bits per heavy atom. The van der Waals surface area contributed by atoms with E-state index in [-0.39, 0.29) is 12.5 Å². The van der Waals surface area contributed by atoms with E-state index < -0.39 is 11.7 Å². The summed E-state index contributed by atoms with van der Waals surface area (Å²) in [6.45, 7) is 0.141. The minimum absolute atomic E-state index is 0.133. The third kappa shape index (κ3) is 3.77. The Morgan fingerprint density at radius 3 is 1.40 bits per heavy atom. The van der Waals surface area contributed by atoms with E-state index in [0.29, 0.717) is 0 Å². The van der Waals surface area contributed by atoms with Crippen LogP contribution in [0.2, 0.25) is 0 Å². The molecule has 0 radical (unpaired) electrons. The smallest absolute Gasteiger partial charge is 0.143 e. The van der Waals surface area contributed by atoms with E-state index in [1.54, 1.807) is 0 Å². The van der Waals surface area contributed by atoms with Crippen LogP contribution >= 0.6 is 11.6 Å². The van der Waals surface area contributed by atoms with Gasteiger partial charge in [0, 0.05) is 0 Å². The van der Waals surface area contributed by atoms with Crippen molar-refractivity contribution in [2.45, 2.75) is 11.7 Å². The van der Waals surface area contributed by atoms with Crippen LogP contribution in [0.15, 0.2) is 91.0 Å². The van der Waals surface area contributed by atoms with Gasteiger partial charge in [0.25, 0.3) is 0 Å². The molecule has 0 aromatic heterocycles. The van der Waals surface area contributed by atoms with Gasteiger partial charge >= 0.3 is 0 Å². The zero-order chi connectivity index (χ0) is 17.5. The van der Waals surface area contributed by atoms with Crippen LogP contribution in [0.5, 0.6) is 0 Å². The molecule has 1 N–H and O–H groups in total. The summed E-state index contributed by atoms with van der Waals surface area (Å²) in [5.41, 5.74) is 2.22. The zero-order valence-corrected chi connectivity index (χ0v) is 14.6. The predicted octanol–water partition coefficient (Wildman–Crippen LogP) is 4.59. The first-order valence-corrected chi connectivity index (χ1v) is 8.85. The van der Waals surface area contributed by atoms with Crippen molar-refractivity contribution < 1.29 is 9.84 Å². The number of rotatable bonds is 7. The van der Waals surface area contributed by atoms with Gasteiger partial charge in [0.05, 0.1) is 18.6 Å². The highest BCUT2D eigenvalue weighted by molar-refractivity contribution is 6.18. The molecule has 0 aliphatic carbocycles. The Bertz CT molecular complexity index is 663. The first-order chi connectivity index (χ1) is 12.3. The van der Waals surface area contributed by atoms with Gasteiger partial charge < -0.3 is 9.84 Å². The molecule has 2 nitrogen and oxygen atoms in total. The molecule has 1 atom stereocenters. The highest BCUT2D eigenvalue weighted by atomic mass is 35.5. The van der Waals surface area contributed by atoms with Crippen molar-refractivity contribution in [3.05, 3.63) is 108 Å². The van der Waals surface area contributed by atoms with Gasteiger partial charge in [-0.25, -0.2) is 0 Å². The minimum atomic E-state index is -0.809. The molecule has 0 fully saturated rings. The van der Waals surface area contributed by atoms with Crippen molar-refractivity contribution in [1.82, 2.24) is 0 Å². The van der Waals surface area contributed by atoms with Crippen molar-refractivity contribution in [3.63, 3.8) is 0 Å². The average Bonchev–Trinajstić information content (AvgIpc) is 2.71. The van der Waals surface area contributed by atoms with Crippen LogP contribution in [0, 0.1) is 0 Å². The first kappa shape index (κ1) is 17.7. The summed E-state index contributed by atoms with van der Waals surface area (Å²) in [5.74, 6) is 0.133. The van der Waals surface area contributed by atoms with Crippen molar-refractivity contribution in [2.24, 2.45) is 0 Å². The summed E-state index contributed by atoms with van der Waals surface area (Å²) in [7, 11) is 0. The molecule has 0 bridgehead atoms. The summed E-state index contributed by atoms with van der Waals surface area (Å²) >= 11 is 5.79. The number of benzene rings is 3. The largest absolute Gasteiger partial charge is 0.389 e. The summed E-state index contributed by atoms with van der Waals surface area (Å²) in [6.07, 6.45) is -0.725. The van der Waals surface area contributed by atoms with Crippen LogP contribution in [-0.2, 0) is 10.3 Å². The number of hydrogen-bond donors (Lipinski definition) is 1. The van der Waals surface area contributed by atoms with Gasteiger partial charge in [0.15, 0.2) is 0 Å². The quantitative estimate of drug-likeness (QED) is 0.497. The maximum absolute atomic E-state index is 10.0. The van der Waals surface area contributed by atoms with Gasteiger partial charge in [-0.15, -0.1) is 11.6 Å². The van der Waals surface area contributed by atoms with Crippen molar-refractivity contribution in [1.29, 1.82) is 0 Å². The summed E-state index contributed by atoms with van der Waals surface area (Å²) in [4.78, 5) is 0. The summed E-state index contributed by atoms with van der Waals surface area (Å²) in [5, 5.41) is 10.0. The number of halogens is 1. The highest BCUT2D eigenvalue weighted by Crippen LogP contribution is 2.40. The Balaban J connectivity index is 2.20. The molecule has 3 heteroatoms. The third-order valence-corrected chi connectivity index (χ3v) is 4.57. The molecule has 25 heavy (non-hydrogen) atoms. The molecule has 0 saturated carbocycles. The molecule has 3 rings (SSSR count). The third-order valence-electron chi connectivity index (χ3n) is 4.21. The second-order valence-corrected chi connectivity index (χ2v) is 6.21. The van der Waals surface area contributed by atoms with E-state index in [1.807, 2.05) is 91.0 Å². The maximum atomic E-state index is 10.0. The lowest BCUT2D eigenvalue weighted by atomic mass is 9.80. The normalized spacial score (nSPS) is 12.7. The van der Waals surface area contributed by atoms with E-state index in [0.717, 1.165) is 16.7 Å². The first-order valence-electron chi connectivity index (χ1n) is 8.32. The fraction of sp³-hybridized carbons (Fsp3) is 0.182. The Kier molecular flexibility index (Phi) is 5.87. The Morgan fingerprint density at radius 1 is 0.720 bits per heavy atom.